The highest BCUT2D eigenvalue weighted by Crippen LogP contribution is 2.41. The molecule has 1 aliphatic rings. The Morgan fingerprint density at radius 3 is 2.06 bits per heavy atom. The first-order valence-corrected chi connectivity index (χ1v) is 6.90. The van der Waals surface area contributed by atoms with E-state index in [1.54, 1.807) is 0 Å². The third kappa shape index (κ3) is 2.94. The molecule has 0 saturated carbocycles. The summed E-state index contributed by atoms with van der Waals surface area (Å²) < 4.78 is 0. The number of halogens is 1. The van der Waals surface area contributed by atoms with Crippen molar-refractivity contribution in [3.63, 3.8) is 0 Å². The highest BCUT2D eigenvalue weighted by Gasteiger charge is 2.34. The predicted octanol–water partition coefficient (Wildman–Crippen LogP) is 5.01. The summed E-state index contributed by atoms with van der Waals surface area (Å²) in [5, 5.41) is 0. The number of fused-ring (bicyclic) bond motifs is 1. The number of Topliss-reactive ketones (excluding diaryl/α,β-unsaturated/α-hetero) is 1. The van der Waals surface area contributed by atoms with E-state index < -0.39 is 0 Å². The lowest BCUT2D eigenvalue weighted by Gasteiger charge is -2.04. The maximum Gasteiger partial charge on any atom is 0.167 e. The molecule has 1 aromatic rings. The van der Waals surface area contributed by atoms with Crippen molar-refractivity contribution >= 4 is 21.7 Å². The summed E-state index contributed by atoms with van der Waals surface area (Å²) >= 11 is 3.52. The Morgan fingerprint density at radius 1 is 1.06 bits per heavy atom. The van der Waals surface area contributed by atoms with Gasteiger partial charge >= 0.3 is 0 Å². The molecule has 0 bridgehead atoms. The zero-order valence-corrected chi connectivity index (χ0v) is 12.3. The van der Waals surface area contributed by atoms with E-state index in [1.807, 2.05) is 58.9 Å². The van der Waals surface area contributed by atoms with Gasteiger partial charge in [0.05, 0.1) is 4.83 Å². The Labute approximate surface area is 107 Å². The first-order chi connectivity index (χ1) is 7.72. The number of carbonyl (C=O) groups is 1. The van der Waals surface area contributed by atoms with Crippen LogP contribution in [-0.4, -0.2) is 5.78 Å². The summed E-state index contributed by atoms with van der Waals surface area (Å²) in [6, 6.07) is 7.79. The summed E-state index contributed by atoms with van der Waals surface area (Å²) in [5.41, 5.74) is 2.02. The van der Waals surface area contributed by atoms with Gasteiger partial charge in [0.15, 0.2) is 5.78 Å². The fraction of sp³-hybridized carbons (Fsp3) is 0.500. The normalized spacial score (nSPS) is 21.2. The molecule has 0 N–H and O–H groups in total. The molecule has 1 aliphatic carbocycles. The van der Waals surface area contributed by atoms with E-state index in [1.165, 1.54) is 0 Å². The van der Waals surface area contributed by atoms with Crippen LogP contribution in [0.2, 0.25) is 0 Å². The van der Waals surface area contributed by atoms with Crippen LogP contribution < -0.4 is 0 Å². The zero-order chi connectivity index (χ0) is 12.7. The Hall–Kier alpha value is -0.630. The lowest BCUT2D eigenvalue weighted by molar-refractivity contribution is 0.0946. The Morgan fingerprint density at radius 2 is 1.56 bits per heavy atom. The minimum Gasteiger partial charge on any atom is -0.294 e. The van der Waals surface area contributed by atoms with Crippen LogP contribution in [0.4, 0.5) is 0 Å². The third-order valence-electron chi connectivity index (χ3n) is 2.38. The second-order valence-electron chi connectivity index (χ2n) is 3.14. The molecule has 0 radical (unpaired) electrons. The smallest absolute Gasteiger partial charge is 0.167 e. The van der Waals surface area contributed by atoms with E-state index in [2.05, 4.69) is 15.9 Å². The lowest BCUT2D eigenvalue weighted by atomic mass is 10.1. The maximum absolute atomic E-state index is 11.6. The molecule has 0 amide bonds. The monoisotopic (exact) mass is 284 g/mol. The number of rotatable bonds is 0. The lowest BCUT2D eigenvalue weighted by Crippen LogP contribution is -2.04. The van der Waals surface area contributed by atoms with Gasteiger partial charge in [-0.1, -0.05) is 74.8 Å². The second kappa shape index (κ2) is 7.61. The van der Waals surface area contributed by atoms with Crippen LogP contribution in [0.1, 0.15) is 55.4 Å². The minimum absolute atomic E-state index is 0.0856. The molecule has 0 aliphatic heterocycles. The molecule has 0 saturated heterocycles. The summed E-state index contributed by atoms with van der Waals surface area (Å²) in [6.07, 6.45) is 0. The van der Waals surface area contributed by atoms with Gasteiger partial charge in [-0.15, -0.1) is 0 Å². The largest absolute Gasteiger partial charge is 0.294 e. The molecule has 0 heterocycles. The van der Waals surface area contributed by atoms with Gasteiger partial charge in [0, 0.05) is 11.5 Å². The van der Waals surface area contributed by atoms with Gasteiger partial charge in [-0.05, 0) is 5.56 Å². The number of carbonyl (C=O) groups excluding carboxylic acids is 1. The van der Waals surface area contributed by atoms with Crippen LogP contribution in [0.3, 0.4) is 0 Å². The maximum atomic E-state index is 11.6. The molecule has 1 aromatic carbocycles. The van der Waals surface area contributed by atoms with Crippen molar-refractivity contribution in [3.8, 4) is 0 Å². The molecule has 0 fully saturated rings. The van der Waals surface area contributed by atoms with E-state index in [9.17, 15) is 4.79 Å². The van der Waals surface area contributed by atoms with Crippen LogP contribution in [0.25, 0.3) is 0 Å². The second-order valence-corrected chi connectivity index (χ2v) is 4.13. The molecule has 2 unspecified atom stereocenters. The fourth-order valence-electron chi connectivity index (χ4n) is 1.61. The van der Waals surface area contributed by atoms with Gasteiger partial charge in [0.25, 0.3) is 0 Å². The topological polar surface area (TPSA) is 17.1 Å². The average Bonchev–Trinajstić information content (AvgIpc) is 2.60. The summed E-state index contributed by atoms with van der Waals surface area (Å²) in [6.45, 7) is 9.96. The van der Waals surface area contributed by atoms with Crippen molar-refractivity contribution in [1.29, 1.82) is 0 Å². The Kier molecular flexibility index (Phi) is 7.31. The molecule has 2 atom stereocenters. The summed E-state index contributed by atoms with van der Waals surface area (Å²) in [5.74, 6) is 0.342. The third-order valence-corrected chi connectivity index (χ3v) is 3.66. The van der Waals surface area contributed by atoms with Gasteiger partial charge in [0.1, 0.15) is 0 Å². The molecular formula is C14H21BrO. The van der Waals surface area contributed by atoms with Crippen LogP contribution in [-0.2, 0) is 0 Å². The Bertz CT molecular complexity index is 333. The summed E-state index contributed by atoms with van der Waals surface area (Å²) in [4.78, 5) is 11.8. The number of alkyl halides is 1. The van der Waals surface area contributed by atoms with Crippen molar-refractivity contribution in [1.82, 2.24) is 0 Å². The van der Waals surface area contributed by atoms with E-state index >= 15 is 0 Å². The Balaban J connectivity index is 0.000000509. The van der Waals surface area contributed by atoms with Crippen molar-refractivity contribution in [2.45, 2.75) is 39.4 Å². The molecule has 16 heavy (non-hydrogen) atoms. The van der Waals surface area contributed by atoms with Crippen LogP contribution in [0.15, 0.2) is 24.3 Å². The first-order valence-electron chi connectivity index (χ1n) is 5.99. The van der Waals surface area contributed by atoms with Crippen molar-refractivity contribution in [2.75, 3.05) is 0 Å². The highest BCUT2D eigenvalue weighted by molar-refractivity contribution is 9.09. The van der Waals surface area contributed by atoms with Crippen molar-refractivity contribution in [3.05, 3.63) is 35.4 Å². The SMILES string of the molecule is CC.CC.CC1C(=O)c2ccccc2C1Br. The van der Waals surface area contributed by atoms with E-state index in [-0.39, 0.29) is 16.5 Å². The first kappa shape index (κ1) is 15.4. The number of hydrogen-bond donors (Lipinski definition) is 0. The highest BCUT2D eigenvalue weighted by atomic mass is 79.9. The van der Waals surface area contributed by atoms with Gasteiger partial charge in [0.2, 0.25) is 0 Å². The van der Waals surface area contributed by atoms with Crippen LogP contribution in [0.5, 0.6) is 0 Å². The predicted molar refractivity (Wildman–Crippen MR) is 74.3 cm³/mol. The van der Waals surface area contributed by atoms with Crippen molar-refractivity contribution in [2.24, 2.45) is 5.92 Å². The molecule has 90 valence electrons. The minimum atomic E-state index is 0.0856. The zero-order valence-electron chi connectivity index (χ0n) is 10.8. The van der Waals surface area contributed by atoms with Gasteiger partial charge in [-0.2, -0.15) is 0 Å². The molecule has 1 nitrogen and oxygen atoms in total. The van der Waals surface area contributed by atoms with Gasteiger partial charge < -0.3 is 0 Å². The number of benzene rings is 1. The summed E-state index contributed by atoms with van der Waals surface area (Å²) in [7, 11) is 0. The molecule has 0 spiro atoms. The molecule has 2 heteroatoms. The van der Waals surface area contributed by atoms with E-state index in [0.29, 0.717) is 0 Å². The molecule has 0 aromatic heterocycles. The number of ketones is 1. The van der Waals surface area contributed by atoms with Crippen LogP contribution >= 0.6 is 15.9 Å². The van der Waals surface area contributed by atoms with E-state index in [0.717, 1.165) is 11.1 Å². The van der Waals surface area contributed by atoms with Crippen LogP contribution in [0, 0.1) is 5.92 Å². The fourth-order valence-corrected chi connectivity index (χ4v) is 2.25. The van der Waals surface area contributed by atoms with E-state index in [4.69, 9.17) is 0 Å². The number of hydrogen-bond acceptors (Lipinski definition) is 1. The van der Waals surface area contributed by atoms with Gasteiger partial charge in [-0.25, -0.2) is 0 Å². The quantitative estimate of drug-likeness (QED) is 0.612. The average molecular weight is 285 g/mol. The molecule has 2 rings (SSSR count). The van der Waals surface area contributed by atoms with Gasteiger partial charge in [-0.3, -0.25) is 4.79 Å². The molecular weight excluding hydrogens is 264 g/mol. The standard InChI is InChI=1S/C10H9BrO.2C2H6/c1-6-9(11)7-4-2-3-5-8(7)10(6)12;2*1-2/h2-6,9H,1H3;2*1-2H3. The van der Waals surface area contributed by atoms with Crippen molar-refractivity contribution < 1.29 is 4.79 Å².